The van der Waals surface area contributed by atoms with Crippen molar-refractivity contribution in [2.75, 3.05) is 38.1 Å². The summed E-state index contributed by atoms with van der Waals surface area (Å²) < 4.78 is 2.10. The lowest BCUT2D eigenvalue weighted by Crippen LogP contribution is -2.45. The van der Waals surface area contributed by atoms with Crippen LogP contribution in [0.25, 0.3) is 11.7 Å². The number of amides is 1. The molecular weight excluding hydrogens is 430 g/mol. The number of pyridine rings is 1. The highest BCUT2D eigenvalue weighted by Gasteiger charge is 2.35. The van der Waals surface area contributed by atoms with Crippen molar-refractivity contribution in [1.29, 1.82) is 0 Å². The number of hydrogen-bond acceptors (Lipinski definition) is 7. The van der Waals surface area contributed by atoms with Gasteiger partial charge in [-0.1, -0.05) is 37.0 Å². The van der Waals surface area contributed by atoms with Crippen LogP contribution in [0.3, 0.4) is 0 Å². The predicted molar refractivity (Wildman–Crippen MR) is 131 cm³/mol. The Hall–Kier alpha value is -2.23. The monoisotopic (exact) mass is 457 g/mol. The number of hydrogen-bond donors (Lipinski definition) is 0. The van der Waals surface area contributed by atoms with Gasteiger partial charge < -0.3 is 9.80 Å². The highest BCUT2D eigenvalue weighted by atomic mass is 32.2. The van der Waals surface area contributed by atoms with Gasteiger partial charge in [0.05, 0.1) is 10.5 Å². The Morgan fingerprint density at radius 3 is 2.65 bits per heavy atom. The highest BCUT2D eigenvalue weighted by molar-refractivity contribution is 8.26. The van der Waals surface area contributed by atoms with E-state index in [9.17, 15) is 9.59 Å². The highest BCUT2D eigenvalue weighted by Crippen LogP contribution is 2.35. The number of likely N-dealkylation sites (N-methyl/N-ethyl adjacent to an activating group) is 1. The van der Waals surface area contributed by atoms with Gasteiger partial charge in [0, 0.05) is 38.4 Å². The molecule has 0 saturated carbocycles. The van der Waals surface area contributed by atoms with Gasteiger partial charge in [0.1, 0.15) is 15.8 Å². The minimum absolute atomic E-state index is 0.0222. The second-order valence-corrected chi connectivity index (χ2v) is 9.81. The maximum absolute atomic E-state index is 13.5. The molecule has 0 unspecified atom stereocenters. The molecule has 9 heteroatoms. The van der Waals surface area contributed by atoms with Crippen LogP contribution < -0.4 is 10.5 Å². The molecule has 0 N–H and O–H groups in total. The van der Waals surface area contributed by atoms with Gasteiger partial charge >= 0.3 is 0 Å². The van der Waals surface area contributed by atoms with E-state index in [-0.39, 0.29) is 17.5 Å². The fraction of sp³-hybridized carbons (Fsp3) is 0.455. The van der Waals surface area contributed by atoms with Crippen molar-refractivity contribution in [3.05, 3.63) is 44.7 Å². The van der Waals surface area contributed by atoms with E-state index >= 15 is 0 Å². The van der Waals surface area contributed by atoms with Gasteiger partial charge in [-0.25, -0.2) is 4.98 Å². The van der Waals surface area contributed by atoms with Crippen molar-refractivity contribution < 1.29 is 4.79 Å². The molecule has 2 aliphatic heterocycles. The number of aromatic nitrogens is 2. The second kappa shape index (κ2) is 8.72. The zero-order valence-electron chi connectivity index (χ0n) is 18.3. The third kappa shape index (κ3) is 4.02. The lowest BCUT2D eigenvalue weighted by atomic mass is 10.2. The van der Waals surface area contributed by atoms with Gasteiger partial charge in [-0.05, 0) is 45.0 Å². The topological polar surface area (TPSA) is 61.2 Å². The molecule has 2 saturated heterocycles. The van der Waals surface area contributed by atoms with Crippen LogP contribution in [0.5, 0.6) is 0 Å². The first-order valence-corrected chi connectivity index (χ1v) is 11.8. The fourth-order valence-corrected chi connectivity index (χ4v) is 5.30. The molecule has 2 aromatic heterocycles. The molecule has 1 amide bonds. The van der Waals surface area contributed by atoms with E-state index in [2.05, 4.69) is 16.8 Å². The van der Waals surface area contributed by atoms with Crippen molar-refractivity contribution in [3.63, 3.8) is 0 Å². The Morgan fingerprint density at radius 2 is 1.97 bits per heavy atom. The van der Waals surface area contributed by atoms with Gasteiger partial charge in [0.25, 0.3) is 11.5 Å². The largest absolute Gasteiger partial charge is 0.353 e. The fourth-order valence-electron chi connectivity index (χ4n) is 3.86. The van der Waals surface area contributed by atoms with Crippen LogP contribution in [0.2, 0.25) is 0 Å². The average Bonchev–Trinajstić information content (AvgIpc) is 3.03. The van der Waals surface area contributed by atoms with E-state index in [0.717, 1.165) is 38.2 Å². The van der Waals surface area contributed by atoms with E-state index in [1.54, 1.807) is 21.6 Å². The molecule has 4 heterocycles. The number of thiocarbonyl (C=S) groups is 1. The van der Waals surface area contributed by atoms with Gasteiger partial charge in [-0.2, -0.15) is 0 Å². The lowest BCUT2D eigenvalue weighted by molar-refractivity contribution is -0.123. The summed E-state index contributed by atoms with van der Waals surface area (Å²) in [6, 6.07) is 3.81. The van der Waals surface area contributed by atoms with Gasteiger partial charge in [0.15, 0.2) is 0 Å². The summed E-state index contributed by atoms with van der Waals surface area (Å²) in [6.45, 7) is 9.31. The normalized spacial score (nSPS) is 20.3. The molecule has 0 radical (unpaired) electrons. The van der Waals surface area contributed by atoms with Gasteiger partial charge in [0.2, 0.25) is 0 Å². The SMILES string of the molecule is CC[C@@H](C)N1C(=O)/C(=C\c2c(N3CCN(C)CC3)nc3c(C)cccn3c2=O)SC1=S. The van der Waals surface area contributed by atoms with Crippen LogP contribution in [0, 0.1) is 6.92 Å². The summed E-state index contributed by atoms with van der Waals surface area (Å²) in [5, 5.41) is 0. The molecule has 0 aliphatic carbocycles. The molecule has 164 valence electrons. The summed E-state index contributed by atoms with van der Waals surface area (Å²) >= 11 is 6.72. The van der Waals surface area contributed by atoms with E-state index in [1.165, 1.54) is 11.8 Å². The average molecular weight is 458 g/mol. The summed E-state index contributed by atoms with van der Waals surface area (Å²) in [7, 11) is 2.09. The van der Waals surface area contributed by atoms with E-state index < -0.39 is 0 Å². The zero-order chi connectivity index (χ0) is 22.3. The molecule has 0 spiro atoms. The summed E-state index contributed by atoms with van der Waals surface area (Å²) in [5.74, 6) is 0.503. The van der Waals surface area contributed by atoms with Crippen LogP contribution >= 0.6 is 24.0 Å². The molecule has 4 rings (SSSR count). The zero-order valence-corrected chi connectivity index (χ0v) is 19.9. The Labute approximate surface area is 191 Å². The van der Waals surface area contributed by atoms with E-state index in [1.807, 2.05) is 32.9 Å². The van der Waals surface area contributed by atoms with Crippen molar-refractivity contribution in [2.45, 2.75) is 33.2 Å². The van der Waals surface area contributed by atoms with Crippen LogP contribution in [0.15, 0.2) is 28.0 Å². The quantitative estimate of drug-likeness (QED) is 0.517. The Morgan fingerprint density at radius 1 is 1.26 bits per heavy atom. The lowest BCUT2D eigenvalue weighted by Gasteiger charge is -2.34. The molecule has 7 nitrogen and oxygen atoms in total. The second-order valence-electron chi connectivity index (χ2n) is 8.14. The first kappa shape index (κ1) is 22.0. The number of carbonyl (C=O) groups is 1. The summed E-state index contributed by atoms with van der Waals surface area (Å²) in [6.07, 6.45) is 4.23. The summed E-state index contributed by atoms with van der Waals surface area (Å²) in [4.78, 5) is 38.0. The van der Waals surface area contributed by atoms with Crippen LogP contribution in [-0.4, -0.2) is 68.7 Å². The minimum atomic E-state index is -0.170. The first-order chi connectivity index (χ1) is 14.8. The number of carbonyl (C=O) groups excluding carboxylic acids is 1. The minimum Gasteiger partial charge on any atom is -0.353 e. The first-order valence-electron chi connectivity index (χ1n) is 10.5. The Balaban J connectivity index is 1.87. The standard InChI is InChI=1S/C22H27N5O2S2/c1-5-15(3)27-21(29)17(31-22(27)30)13-16-19(25-11-9-24(4)10-12-25)23-18-14(2)7-6-8-26(18)20(16)28/h6-8,13,15H,5,9-12H2,1-4H3/b17-13+/t15-/m1/s1. The van der Waals surface area contributed by atoms with E-state index in [4.69, 9.17) is 17.2 Å². The number of aryl methyl sites for hydroxylation is 1. The molecule has 2 fully saturated rings. The number of anilines is 1. The molecule has 1 atom stereocenters. The van der Waals surface area contributed by atoms with Crippen LogP contribution in [0.4, 0.5) is 5.82 Å². The predicted octanol–water partition coefficient (Wildman–Crippen LogP) is 2.75. The van der Waals surface area contributed by atoms with Gasteiger partial charge in [-0.15, -0.1) is 0 Å². The van der Waals surface area contributed by atoms with Crippen LogP contribution in [-0.2, 0) is 4.79 Å². The third-order valence-corrected chi connectivity index (χ3v) is 7.33. The van der Waals surface area contributed by atoms with Crippen LogP contribution in [0.1, 0.15) is 31.4 Å². The van der Waals surface area contributed by atoms with Crippen molar-refractivity contribution in [1.82, 2.24) is 19.2 Å². The maximum Gasteiger partial charge on any atom is 0.267 e. The number of piperazine rings is 1. The Bertz CT molecular complexity index is 1130. The Kier molecular flexibility index (Phi) is 6.18. The molecule has 2 aliphatic rings. The molecule has 0 aromatic carbocycles. The van der Waals surface area contributed by atoms with Crippen molar-refractivity contribution in [3.8, 4) is 0 Å². The number of rotatable bonds is 4. The third-order valence-electron chi connectivity index (χ3n) is 6.00. The molecule has 2 aromatic rings. The van der Waals surface area contributed by atoms with Crippen molar-refractivity contribution >= 4 is 51.7 Å². The number of thioether (sulfide) groups is 1. The molecule has 31 heavy (non-hydrogen) atoms. The van der Waals surface area contributed by atoms with E-state index in [0.29, 0.717) is 26.3 Å². The van der Waals surface area contributed by atoms with Crippen molar-refractivity contribution in [2.24, 2.45) is 0 Å². The molecular formula is C22H27N5O2S2. The summed E-state index contributed by atoms with van der Waals surface area (Å²) in [5.41, 5.74) is 1.85. The maximum atomic E-state index is 13.5. The number of nitrogens with zero attached hydrogens (tertiary/aromatic N) is 5. The molecule has 0 bridgehead atoms. The van der Waals surface area contributed by atoms with Gasteiger partial charge in [-0.3, -0.25) is 18.9 Å². The number of fused-ring (bicyclic) bond motifs is 1. The smallest absolute Gasteiger partial charge is 0.267 e.